The first-order chi connectivity index (χ1) is 5.47. The van der Waals surface area contributed by atoms with Gasteiger partial charge in [0.05, 0.1) is 5.69 Å². The van der Waals surface area contributed by atoms with Gasteiger partial charge in [-0.2, -0.15) is 5.10 Å². The highest BCUT2D eigenvalue weighted by molar-refractivity contribution is 5.14. The molecule has 0 aliphatic rings. The maximum Gasteiger partial charge on any atom is 0.127 e. The molecule has 0 saturated carbocycles. The van der Waals surface area contributed by atoms with Crippen LogP contribution in [0.3, 0.4) is 0 Å². The third-order valence-electron chi connectivity index (χ3n) is 2.03. The molecule has 68 valence electrons. The van der Waals surface area contributed by atoms with E-state index in [2.05, 4.69) is 5.10 Å². The van der Waals surface area contributed by atoms with Gasteiger partial charge in [0, 0.05) is 12.7 Å². The maximum absolute atomic E-state index is 5.15. The second-order valence-corrected chi connectivity index (χ2v) is 3.42. The molecule has 4 nitrogen and oxygen atoms in total. The molecule has 0 aliphatic heterocycles. The summed E-state index contributed by atoms with van der Waals surface area (Å²) in [4.78, 5) is 4.82. The fourth-order valence-electron chi connectivity index (χ4n) is 0.915. The van der Waals surface area contributed by atoms with E-state index < -0.39 is 5.60 Å². The Balaban J connectivity index is 3.04. The maximum atomic E-state index is 5.15. The van der Waals surface area contributed by atoms with Crippen LogP contribution in [0.15, 0.2) is 6.07 Å². The number of hydrogen-bond donors (Lipinski definition) is 1. The highest BCUT2D eigenvalue weighted by Crippen LogP contribution is 2.21. The smallest absolute Gasteiger partial charge is 0.127 e. The third-order valence-corrected chi connectivity index (χ3v) is 2.03. The van der Waals surface area contributed by atoms with Crippen LogP contribution in [-0.4, -0.2) is 9.78 Å². The molecule has 0 bridgehead atoms. The van der Waals surface area contributed by atoms with Crippen molar-refractivity contribution in [3.05, 3.63) is 17.5 Å². The molecule has 4 heteroatoms. The second-order valence-electron chi connectivity index (χ2n) is 3.42. The van der Waals surface area contributed by atoms with Gasteiger partial charge < -0.3 is 0 Å². The Morgan fingerprint density at radius 1 is 1.58 bits per heavy atom. The van der Waals surface area contributed by atoms with Crippen molar-refractivity contribution in [1.82, 2.24) is 9.78 Å². The number of rotatable bonds is 2. The summed E-state index contributed by atoms with van der Waals surface area (Å²) in [5.74, 6) is 5.15. The molecule has 0 radical (unpaired) electrons. The van der Waals surface area contributed by atoms with Crippen molar-refractivity contribution < 1.29 is 4.84 Å². The SMILES string of the molecule is Cc1cc(C(C)(C)ON)nn1C. The average molecular weight is 169 g/mol. The van der Waals surface area contributed by atoms with Crippen molar-refractivity contribution in [3.63, 3.8) is 0 Å². The molecule has 1 aromatic rings. The number of nitrogens with zero attached hydrogens (tertiary/aromatic N) is 2. The van der Waals surface area contributed by atoms with E-state index in [4.69, 9.17) is 10.7 Å². The van der Waals surface area contributed by atoms with E-state index in [0.717, 1.165) is 11.4 Å². The van der Waals surface area contributed by atoms with Crippen LogP contribution in [0.25, 0.3) is 0 Å². The van der Waals surface area contributed by atoms with Gasteiger partial charge in [-0.25, -0.2) is 5.90 Å². The van der Waals surface area contributed by atoms with Crippen molar-refractivity contribution in [3.8, 4) is 0 Å². The van der Waals surface area contributed by atoms with Crippen LogP contribution in [0, 0.1) is 6.92 Å². The fourth-order valence-corrected chi connectivity index (χ4v) is 0.915. The molecule has 0 spiro atoms. The Labute approximate surface area is 72.3 Å². The lowest BCUT2D eigenvalue weighted by Gasteiger charge is -2.18. The molecule has 0 fully saturated rings. The molecule has 1 heterocycles. The standard InChI is InChI=1S/C8H15N3O/c1-6-5-7(10-11(6)4)8(2,3)12-9/h5H,9H2,1-4H3. The predicted octanol–water partition coefficient (Wildman–Crippen LogP) is 0.854. The average Bonchev–Trinajstić information content (AvgIpc) is 2.33. The van der Waals surface area contributed by atoms with E-state index in [9.17, 15) is 0 Å². The van der Waals surface area contributed by atoms with Gasteiger partial charge in [-0.1, -0.05) is 0 Å². The number of aromatic nitrogens is 2. The van der Waals surface area contributed by atoms with Gasteiger partial charge in [-0.3, -0.25) is 9.52 Å². The highest BCUT2D eigenvalue weighted by Gasteiger charge is 2.23. The number of hydrogen-bond acceptors (Lipinski definition) is 3. The van der Waals surface area contributed by atoms with Gasteiger partial charge in [0.1, 0.15) is 5.60 Å². The van der Waals surface area contributed by atoms with Gasteiger partial charge in [0.15, 0.2) is 0 Å². The molecule has 0 unspecified atom stereocenters. The van der Waals surface area contributed by atoms with Gasteiger partial charge in [-0.15, -0.1) is 0 Å². The van der Waals surface area contributed by atoms with E-state index in [1.54, 1.807) is 4.68 Å². The summed E-state index contributed by atoms with van der Waals surface area (Å²) in [5, 5.41) is 4.26. The van der Waals surface area contributed by atoms with Crippen LogP contribution >= 0.6 is 0 Å². The van der Waals surface area contributed by atoms with Crippen LogP contribution in [0.4, 0.5) is 0 Å². The monoisotopic (exact) mass is 169 g/mol. The Hall–Kier alpha value is -0.870. The summed E-state index contributed by atoms with van der Waals surface area (Å²) in [5.41, 5.74) is 1.44. The van der Waals surface area contributed by atoms with Crippen LogP contribution in [0.1, 0.15) is 25.2 Å². The Morgan fingerprint density at radius 3 is 2.50 bits per heavy atom. The summed E-state index contributed by atoms with van der Waals surface area (Å²) in [6.07, 6.45) is 0. The Bertz CT molecular complexity index is 258. The summed E-state index contributed by atoms with van der Waals surface area (Å²) in [6.45, 7) is 5.76. The van der Waals surface area contributed by atoms with Gasteiger partial charge in [-0.05, 0) is 26.8 Å². The van der Waals surface area contributed by atoms with E-state index in [1.165, 1.54) is 0 Å². The number of aryl methyl sites for hydroxylation is 2. The molecule has 0 atom stereocenters. The summed E-state index contributed by atoms with van der Waals surface area (Å²) < 4.78 is 1.80. The van der Waals surface area contributed by atoms with Gasteiger partial charge >= 0.3 is 0 Å². The molecule has 1 aromatic heterocycles. The zero-order valence-corrected chi connectivity index (χ0v) is 7.96. The quantitative estimate of drug-likeness (QED) is 0.668. The normalized spacial score (nSPS) is 12.1. The van der Waals surface area contributed by atoms with Crippen LogP contribution in [0.2, 0.25) is 0 Å². The lowest BCUT2D eigenvalue weighted by Crippen LogP contribution is -2.25. The van der Waals surface area contributed by atoms with E-state index in [1.807, 2.05) is 33.9 Å². The minimum atomic E-state index is -0.508. The third kappa shape index (κ3) is 1.49. The summed E-state index contributed by atoms with van der Waals surface area (Å²) in [6, 6.07) is 1.97. The molecule has 1 rings (SSSR count). The number of nitrogens with two attached hydrogens (primary N) is 1. The molecule has 0 saturated heterocycles. The molecule has 0 aromatic carbocycles. The van der Waals surface area contributed by atoms with E-state index in [-0.39, 0.29) is 0 Å². The minimum absolute atomic E-state index is 0.508. The van der Waals surface area contributed by atoms with Crippen molar-refractivity contribution in [1.29, 1.82) is 0 Å². The molecule has 12 heavy (non-hydrogen) atoms. The van der Waals surface area contributed by atoms with Gasteiger partial charge in [0.2, 0.25) is 0 Å². The lowest BCUT2D eigenvalue weighted by molar-refractivity contribution is -0.0271. The summed E-state index contributed by atoms with van der Waals surface area (Å²) >= 11 is 0. The van der Waals surface area contributed by atoms with Crippen molar-refractivity contribution >= 4 is 0 Å². The van der Waals surface area contributed by atoms with Crippen molar-refractivity contribution in [2.24, 2.45) is 12.9 Å². The minimum Gasteiger partial charge on any atom is -0.292 e. The van der Waals surface area contributed by atoms with Crippen LogP contribution in [0.5, 0.6) is 0 Å². The zero-order valence-electron chi connectivity index (χ0n) is 7.96. The van der Waals surface area contributed by atoms with Gasteiger partial charge in [0.25, 0.3) is 0 Å². The largest absolute Gasteiger partial charge is 0.292 e. The second kappa shape index (κ2) is 2.88. The Kier molecular flexibility index (Phi) is 2.21. The van der Waals surface area contributed by atoms with Crippen LogP contribution in [-0.2, 0) is 17.5 Å². The summed E-state index contributed by atoms with van der Waals surface area (Å²) in [7, 11) is 1.89. The lowest BCUT2D eigenvalue weighted by atomic mass is 10.1. The van der Waals surface area contributed by atoms with Crippen molar-refractivity contribution in [2.75, 3.05) is 0 Å². The van der Waals surface area contributed by atoms with E-state index >= 15 is 0 Å². The molecule has 2 N–H and O–H groups in total. The highest BCUT2D eigenvalue weighted by atomic mass is 16.6. The fraction of sp³-hybridized carbons (Fsp3) is 0.625. The molecular weight excluding hydrogens is 154 g/mol. The first-order valence-electron chi connectivity index (χ1n) is 3.86. The van der Waals surface area contributed by atoms with E-state index in [0.29, 0.717) is 0 Å². The molecular formula is C8H15N3O. The zero-order chi connectivity index (χ0) is 9.35. The van der Waals surface area contributed by atoms with Crippen LogP contribution < -0.4 is 5.90 Å². The Morgan fingerprint density at radius 2 is 2.17 bits per heavy atom. The predicted molar refractivity (Wildman–Crippen MR) is 46.2 cm³/mol. The first kappa shape index (κ1) is 9.22. The topological polar surface area (TPSA) is 53.1 Å². The molecule has 0 amide bonds. The molecule has 0 aliphatic carbocycles. The van der Waals surface area contributed by atoms with Crippen molar-refractivity contribution in [2.45, 2.75) is 26.4 Å². The first-order valence-corrected chi connectivity index (χ1v) is 3.86.